The molecule has 0 saturated carbocycles. The molecule has 1 aromatic carbocycles. The fraction of sp³-hybridized carbons (Fsp3) is 0.455. The predicted octanol–water partition coefficient (Wildman–Crippen LogP) is 2.65. The summed E-state index contributed by atoms with van der Waals surface area (Å²) in [6.07, 6.45) is 2.25. The molecular formula is C11H16NO. The maximum Gasteiger partial charge on any atom is 0.119 e. The molecule has 1 aromatic rings. The maximum atomic E-state index is 7.14. The quantitative estimate of drug-likeness (QED) is 0.638. The molecule has 0 aromatic heterocycles. The Kier molecular flexibility index (Phi) is 4.33. The maximum absolute atomic E-state index is 7.14. The first-order valence-electron chi connectivity index (χ1n) is 4.73. The zero-order chi connectivity index (χ0) is 9.52. The van der Waals surface area contributed by atoms with E-state index in [0.29, 0.717) is 6.54 Å². The van der Waals surface area contributed by atoms with Crippen LogP contribution in [0.5, 0.6) is 5.75 Å². The van der Waals surface area contributed by atoms with Crippen molar-refractivity contribution in [3.05, 3.63) is 29.8 Å². The fourth-order valence-corrected chi connectivity index (χ4v) is 1.04. The Morgan fingerprint density at radius 3 is 2.46 bits per heavy atom. The second kappa shape index (κ2) is 5.60. The minimum Gasteiger partial charge on any atom is -0.494 e. The summed E-state index contributed by atoms with van der Waals surface area (Å²) in [6.45, 7) is 3.28. The smallest absolute Gasteiger partial charge is 0.119 e. The van der Waals surface area contributed by atoms with Crippen molar-refractivity contribution in [1.82, 2.24) is 5.73 Å². The van der Waals surface area contributed by atoms with Crippen molar-refractivity contribution < 1.29 is 4.74 Å². The van der Waals surface area contributed by atoms with Gasteiger partial charge < -0.3 is 4.74 Å². The molecular weight excluding hydrogens is 162 g/mol. The van der Waals surface area contributed by atoms with Crippen LogP contribution in [0.2, 0.25) is 0 Å². The summed E-state index contributed by atoms with van der Waals surface area (Å²) in [5.41, 5.74) is 8.17. The van der Waals surface area contributed by atoms with Crippen LogP contribution in [0.15, 0.2) is 24.3 Å². The van der Waals surface area contributed by atoms with Crippen LogP contribution in [0.3, 0.4) is 0 Å². The zero-order valence-corrected chi connectivity index (χ0v) is 8.05. The minimum atomic E-state index is 0.342. The number of ether oxygens (including phenoxy) is 1. The van der Waals surface area contributed by atoms with Crippen molar-refractivity contribution in [3.63, 3.8) is 0 Å². The van der Waals surface area contributed by atoms with E-state index in [9.17, 15) is 0 Å². The number of hydrogen-bond acceptors (Lipinski definition) is 1. The average Bonchev–Trinajstić information content (AvgIpc) is 2.19. The van der Waals surface area contributed by atoms with Crippen LogP contribution in [0.25, 0.3) is 0 Å². The van der Waals surface area contributed by atoms with Gasteiger partial charge in [0.25, 0.3) is 0 Å². The lowest BCUT2D eigenvalue weighted by Crippen LogP contribution is -1.96. The number of hydrogen-bond donors (Lipinski definition) is 0. The van der Waals surface area contributed by atoms with Crippen molar-refractivity contribution >= 4 is 0 Å². The lowest BCUT2D eigenvalue weighted by atomic mass is 10.2. The van der Waals surface area contributed by atoms with Crippen LogP contribution in [-0.2, 0) is 6.54 Å². The first-order chi connectivity index (χ1) is 6.36. The summed E-state index contributed by atoms with van der Waals surface area (Å²) in [6, 6.07) is 7.74. The molecule has 0 aliphatic rings. The highest BCUT2D eigenvalue weighted by molar-refractivity contribution is 5.26. The molecule has 2 heteroatoms. The number of rotatable bonds is 5. The van der Waals surface area contributed by atoms with E-state index in [0.717, 1.165) is 30.8 Å². The van der Waals surface area contributed by atoms with Crippen LogP contribution in [0.4, 0.5) is 0 Å². The van der Waals surface area contributed by atoms with Crippen molar-refractivity contribution in [3.8, 4) is 5.75 Å². The van der Waals surface area contributed by atoms with E-state index >= 15 is 0 Å². The third-order valence-electron chi connectivity index (χ3n) is 1.89. The summed E-state index contributed by atoms with van der Waals surface area (Å²) < 4.78 is 5.48. The van der Waals surface area contributed by atoms with E-state index in [4.69, 9.17) is 10.5 Å². The van der Waals surface area contributed by atoms with Crippen molar-refractivity contribution in [2.45, 2.75) is 26.3 Å². The van der Waals surface area contributed by atoms with E-state index in [2.05, 4.69) is 6.92 Å². The molecule has 0 fully saturated rings. The largest absolute Gasteiger partial charge is 0.494 e. The van der Waals surface area contributed by atoms with Crippen molar-refractivity contribution in [2.24, 2.45) is 0 Å². The van der Waals surface area contributed by atoms with Gasteiger partial charge in [0.05, 0.1) is 6.61 Å². The predicted molar refractivity (Wildman–Crippen MR) is 53.6 cm³/mol. The standard InChI is InChI=1S/C11H16NO/c1-2-3-8-13-11-6-4-10(9-12)5-7-11/h4-7,12H,2-3,8-9H2,1H3. The molecule has 0 amide bonds. The van der Waals surface area contributed by atoms with Gasteiger partial charge in [0, 0.05) is 6.54 Å². The Bertz CT molecular complexity index is 230. The molecule has 0 spiro atoms. The average molecular weight is 178 g/mol. The van der Waals surface area contributed by atoms with Crippen LogP contribution in [-0.4, -0.2) is 6.61 Å². The molecule has 0 unspecified atom stereocenters. The van der Waals surface area contributed by atoms with Gasteiger partial charge in [0.1, 0.15) is 5.75 Å². The summed E-state index contributed by atoms with van der Waals surface area (Å²) in [7, 11) is 0. The molecule has 13 heavy (non-hydrogen) atoms. The van der Waals surface area contributed by atoms with Gasteiger partial charge in [-0.25, -0.2) is 0 Å². The second-order valence-electron chi connectivity index (χ2n) is 3.02. The molecule has 2 nitrogen and oxygen atoms in total. The Balaban J connectivity index is 2.40. The molecule has 0 saturated heterocycles. The Hall–Kier alpha value is -1.02. The first-order valence-corrected chi connectivity index (χ1v) is 4.73. The fourth-order valence-electron chi connectivity index (χ4n) is 1.04. The number of nitrogens with one attached hydrogen (secondary N) is 1. The topological polar surface area (TPSA) is 33.0 Å². The third-order valence-corrected chi connectivity index (χ3v) is 1.89. The SMILES string of the molecule is CCCCOc1ccc(C[NH])cc1. The van der Waals surface area contributed by atoms with E-state index < -0.39 is 0 Å². The summed E-state index contributed by atoms with van der Waals surface area (Å²) in [5, 5.41) is 0. The first kappa shape index (κ1) is 10.1. The van der Waals surface area contributed by atoms with E-state index in [1.165, 1.54) is 0 Å². The highest BCUT2D eigenvalue weighted by atomic mass is 16.5. The molecule has 0 aliphatic carbocycles. The monoisotopic (exact) mass is 178 g/mol. The van der Waals surface area contributed by atoms with Crippen molar-refractivity contribution in [1.29, 1.82) is 0 Å². The molecule has 0 heterocycles. The van der Waals surface area contributed by atoms with Crippen LogP contribution >= 0.6 is 0 Å². The number of benzene rings is 1. The van der Waals surface area contributed by atoms with Crippen LogP contribution < -0.4 is 10.5 Å². The minimum absolute atomic E-state index is 0.342. The molecule has 0 bridgehead atoms. The zero-order valence-electron chi connectivity index (χ0n) is 8.05. The van der Waals surface area contributed by atoms with Crippen molar-refractivity contribution in [2.75, 3.05) is 6.61 Å². The van der Waals surface area contributed by atoms with Gasteiger partial charge >= 0.3 is 0 Å². The van der Waals surface area contributed by atoms with Gasteiger partial charge in [-0.1, -0.05) is 25.5 Å². The van der Waals surface area contributed by atoms with Crippen LogP contribution in [0.1, 0.15) is 25.3 Å². The Morgan fingerprint density at radius 2 is 1.92 bits per heavy atom. The van der Waals surface area contributed by atoms with E-state index in [1.54, 1.807) is 0 Å². The lowest BCUT2D eigenvalue weighted by Gasteiger charge is -2.05. The summed E-state index contributed by atoms with van der Waals surface area (Å²) >= 11 is 0. The van der Waals surface area contributed by atoms with Crippen LogP contribution in [0, 0.1) is 0 Å². The van der Waals surface area contributed by atoms with Gasteiger partial charge in [-0.15, -0.1) is 0 Å². The second-order valence-corrected chi connectivity index (χ2v) is 3.02. The van der Waals surface area contributed by atoms with Gasteiger partial charge in [0.2, 0.25) is 0 Å². The van der Waals surface area contributed by atoms with Gasteiger partial charge in [-0.2, -0.15) is 0 Å². The van der Waals surface area contributed by atoms with Gasteiger partial charge in [0.15, 0.2) is 0 Å². The van der Waals surface area contributed by atoms with E-state index in [1.807, 2.05) is 24.3 Å². The molecule has 0 atom stereocenters. The number of unbranched alkanes of at least 4 members (excludes halogenated alkanes) is 1. The lowest BCUT2D eigenvalue weighted by molar-refractivity contribution is 0.309. The normalized spacial score (nSPS) is 10.0. The Labute approximate surface area is 79.7 Å². The van der Waals surface area contributed by atoms with Gasteiger partial charge in [-0.3, -0.25) is 5.73 Å². The molecule has 0 aliphatic heterocycles. The molecule has 1 N–H and O–H groups in total. The van der Waals surface area contributed by atoms with E-state index in [-0.39, 0.29) is 0 Å². The molecule has 71 valence electrons. The highest BCUT2D eigenvalue weighted by Crippen LogP contribution is 2.12. The molecule has 1 rings (SSSR count). The highest BCUT2D eigenvalue weighted by Gasteiger charge is 1.93. The molecule has 1 radical (unpaired) electrons. The third kappa shape index (κ3) is 3.47. The summed E-state index contributed by atoms with van der Waals surface area (Å²) in [5.74, 6) is 0.908. The van der Waals surface area contributed by atoms with Gasteiger partial charge in [-0.05, 0) is 24.1 Å². The Morgan fingerprint density at radius 1 is 1.23 bits per heavy atom. The summed E-state index contributed by atoms with van der Waals surface area (Å²) in [4.78, 5) is 0.